The lowest BCUT2D eigenvalue weighted by atomic mass is 9.67. The molecule has 0 aromatic carbocycles. The van der Waals surface area contributed by atoms with E-state index in [0.717, 1.165) is 12.8 Å². The molecule has 0 aromatic rings. The Labute approximate surface area is 86.1 Å². The predicted octanol–water partition coefficient (Wildman–Crippen LogP) is 1.33. The van der Waals surface area contributed by atoms with Crippen molar-refractivity contribution in [1.29, 1.82) is 0 Å². The van der Waals surface area contributed by atoms with Crippen molar-refractivity contribution in [2.75, 3.05) is 19.8 Å². The minimum atomic E-state index is -0.740. The number of hydrogen-bond acceptors (Lipinski definition) is 3. The highest BCUT2D eigenvalue weighted by atomic mass is 16.5. The second kappa shape index (κ2) is 4.60. The van der Waals surface area contributed by atoms with Gasteiger partial charge in [0.2, 0.25) is 0 Å². The van der Waals surface area contributed by atoms with Gasteiger partial charge in [0.25, 0.3) is 0 Å². The van der Waals surface area contributed by atoms with Crippen LogP contribution in [0.4, 0.5) is 0 Å². The third-order valence-corrected chi connectivity index (χ3v) is 3.59. The van der Waals surface area contributed by atoms with Crippen molar-refractivity contribution in [2.45, 2.75) is 45.1 Å². The SMILES string of the molecule is CCCC(C)(CO)C1(O)CCOCC1. The van der Waals surface area contributed by atoms with Crippen LogP contribution in [0.25, 0.3) is 0 Å². The van der Waals surface area contributed by atoms with Gasteiger partial charge in [-0.2, -0.15) is 0 Å². The first-order valence-corrected chi connectivity index (χ1v) is 5.49. The van der Waals surface area contributed by atoms with Crippen molar-refractivity contribution in [2.24, 2.45) is 5.41 Å². The molecule has 0 amide bonds. The normalized spacial score (nSPS) is 25.7. The molecule has 1 fully saturated rings. The Bertz CT molecular complexity index is 168. The van der Waals surface area contributed by atoms with Crippen LogP contribution in [0.3, 0.4) is 0 Å². The summed E-state index contributed by atoms with van der Waals surface area (Å²) in [6, 6.07) is 0. The lowest BCUT2D eigenvalue weighted by Gasteiger charge is -2.46. The molecule has 84 valence electrons. The molecule has 1 unspecified atom stereocenters. The van der Waals surface area contributed by atoms with E-state index in [1.807, 2.05) is 6.92 Å². The molecule has 0 aromatic heterocycles. The van der Waals surface area contributed by atoms with Crippen molar-refractivity contribution < 1.29 is 14.9 Å². The second-order valence-electron chi connectivity index (χ2n) is 4.61. The van der Waals surface area contributed by atoms with E-state index in [-0.39, 0.29) is 12.0 Å². The number of aliphatic hydroxyl groups excluding tert-OH is 1. The molecule has 0 aliphatic carbocycles. The molecule has 1 saturated heterocycles. The number of ether oxygens (including phenoxy) is 1. The molecule has 1 aliphatic heterocycles. The molecule has 1 heterocycles. The summed E-state index contributed by atoms with van der Waals surface area (Å²) in [6.45, 7) is 5.32. The Morgan fingerprint density at radius 3 is 2.36 bits per heavy atom. The summed E-state index contributed by atoms with van der Waals surface area (Å²) in [5.74, 6) is 0. The van der Waals surface area contributed by atoms with Gasteiger partial charge in [0.05, 0.1) is 12.2 Å². The monoisotopic (exact) mass is 202 g/mol. The van der Waals surface area contributed by atoms with Gasteiger partial charge in [-0.3, -0.25) is 0 Å². The first kappa shape index (κ1) is 12.0. The van der Waals surface area contributed by atoms with Crippen LogP contribution in [0.1, 0.15) is 39.5 Å². The van der Waals surface area contributed by atoms with Gasteiger partial charge in [0.15, 0.2) is 0 Å². The molecule has 14 heavy (non-hydrogen) atoms. The maximum absolute atomic E-state index is 10.5. The minimum Gasteiger partial charge on any atom is -0.396 e. The molecular weight excluding hydrogens is 180 g/mol. The maximum atomic E-state index is 10.5. The maximum Gasteiger partial charge on any atom is 0.0766 e. The molecule has 2 N–H and O–H groups in total. The zero-order valence-electron chi connectivity index (χ0n) is 9.25. The highest BCUT2D eigenvalue weighted by molar-refractivity contribution is 4.96. The van der Waals surface area contributed by atoms with Crippen LogP contribution in [0, 0.1) is 5.41 Å². The van der Waals surface area contributed by atoms with Crippen LogP contribution >= 0.6 is 0 Å². The van der Waals surface area contributed by atoms with Crippen LogP contribution < -0.4 is 0 Å². The second-order valence-corrected chi connectivity index (χ2v) is 4.61. The molecule has 3 heteroatoms. The summed E-state index contributed by atoms with van der Waals surface area (Å²) in [4.78, 5) is 0. The summed E-state index contributed by atoms with van der Waals surface area (Å²) in [5.41, 5.74) is -1.11. The van der Waals surface area contributed by atoms with Gasteiger partial charge < -0.3 is 14.9 Å². The lowest BCUT2D eigenvalue weighted by molar-refractivity contribution is -0.155. The topological polar surface area (TPSA) is 49.7 Å². The smallest absolute Gasteiger partial charge is 0.0766 e. The fraction of sp³-hybridized carbons (Fsp3) is 1.00. The average molecular weight is 202 g/mol. The van der Waals surface area contributed by atoms with E-state index in [4.69, 9.17) is 4.74 Å². The van der Waals surface area contributed by atoms with Crippen molar-refractivity contribution >= 4 is 0 Å². The Kier molecular flexibility index (Phi) is 3.93. The Morgan fingerprint density at radius 1 is 1.36 bits per heavy atom. The van der Waals surface area contributed by atoms with E-state index < -0.39 is 5.60 Å². The third kappa shape index (κ3) is 2.10. The molecular formula is C11H22O3. The first-order chi connectivity index (χ1) is 6.58. The van der Waals surface area contributed by atoms with Crippen LogP contribution in [0.5, 0.6) is 0 Å². The quantitative estimate of drug-likeness (QED) is 0.723. The highest BCUT2D eigenvalue weighted by Crippen LogP contribution is 2.41. The summed E-state index contributed by atoms with van der Waals surface area (Å²) < 4.78 is 5.24. The van der Waals surface area contributed by atoms with Crippen molar-refractivity contribution in [3.05, 3.63) is 0 Å². The molecule has 1 atom stereocenters. The van der Waals surface area contributed by atoms with Crippen LogP contribution in [-0.4, -0.2) is 35.6 Å². The predicted molar refractivity (Wildman–Crippen MR) is 55.1 cm³/mol. The van der Waals surface area contributed by atoms with Crippen LogP contribution in [-0.2, 0) is 4.74 Å². The van der Waals surface area contributed by atoms with E-state index in [2.05, 4.69) is 6.92 Å². The molecule has 0 saturated carbocycles. The first-order valence-electron chi connectivity index (χ1n) is 5.49. The van der Waals surface area contributed by atoms with Gasteiger partial charge in [-0.1, -0.05) is 20.3 Å². The zero-order chi connectivity index (χ0) is 10.7. The minimum absolute atomic E-state index is 0.0529. The van der Waals surface area contributed by atoms with Crippen molar-refractivity contribution in [3.8, 4) is 0 Å². The van der Waals surface area contributed by atoms with Crippen LogP contribution in [0.15, 0.2) is 0 Å². The molecule has 1 aliphatic rings. The standard InChI is InChI=1S/C11H22O3/c1-3-4-10(2,9-12)11(13)5-7-14-8-6-11/h12-13H,3-9H2,1-2H3. The number of aliphatic hydroxyl groups is 2. The van der Waals surface area contributed by atoms with E-state index in [1.54, 1.807) is 0 Å². The fourth-order valence-electron chi connectivity index (χ4n) is 2.32. The van der Waals surface area contributed by atoms with Gasteiger partial charge in [-0.25, -0.2) is 0 Å². The fourth-order valence-corrected chi connectivity index (χ4v) is 2.32. The number of hydrogen-bond donors (Lipinski definition) is 2. The highest BCUT2D eigenvalue weighted by Gasteiger charge is 2.46. The molecule has 0 bridgehead atoms. The van der Waals surface area contributed by atoms with Gasteiger partial charge in [0.1, 0.15) is 0 Å². The van der Waals surface area contributed by atoms with E-state index >= 15 is 0 Å². The third-order valence-electron chi connectivity index (χ3n) is 3.59. The molecule has 0 spiro atoms. The van der Waals surface area contributed by atoms with E-state index in [9.17, 15) is 10.2 Å². The molecule has 1 rings (SSSR count). The Balaban J connectivity index is 2.73. The molecule has 0 radical (unpaired) electrons. The van der Waals surface area contributed by atoms with Gasteiger partial charge in [-0.15, -0.1) is 0 Å². The largest absolute Gasteiger partial charge is 0.396 e. The summed E-state index contributed by atoms with van der Waals surface area (Å²) in [6.07, 6.45) is 3.13. The van der Waals surface area contributed by atoms with Crippen LogP contribution in [0.2, 0.25) is 0 Å². The van der Waals surface area contributed by atoms with Gasteiger partial charge in [-0.05, 0) is 6.42 Å². The summed E-state index contributed by atoms with van der Waals surface area (Å²) >= 11 is 0. The van der Waals surface area contributed by atoms with E-state index in [0.29, 0.717) is 26.1 Å². The molecule has 3 nitrogen and oxygen atoms in total. The Morgan fingerprint density at radius 2 is 1.93 bits per heavy atom. The zero-order valence-corrected chi connectivity index (χ0v) is 9.25. The van der Waals surface area contributed by atoms with Gasteiger partial charge >= 0.3 is 0 Å². The van der Waals surface area contributed by atoms with E-state index in [1.165, 1.54) is 0 Å². The van der Waals surface area contributed by atoms with Crippen molar-refractivity contribution in [1.82, 2.24) is 0 Å². The number of rotatable bonds is 4. The average Bonchev–Trinajstić information content (AvgIpc) is 2.19. The summed E-state index contributed by atoms with van der Waals surface area (Å²) in [5, 5.41) is 19.9. The summed E-state index contributed by atoms with van der Waals surface area (Å²) in [7, 11) is 0. The lowest BCUT2D eigenvalue weighted by Crippen LogP contribution is -2.52. The van der Waals surface area contributed by atoms with Crippen molar-refractivity contribution in [3.63, 3.8) is 0 Å². The van der Waals surface area contributed by atoms with Gasteiger partial charge in [0, 0.05) is 31.5 Å². The Hall–Kier alpha value is -0.120.